The summed E-state index contributed by atoms with van der Waals surface area (Å²) in [7, 11) is 0. The maximum absolute atomic E-state index is 11.9. The number of aliphatic hydroxyl groups excluding tert-OH is 1. The Morgan fingerprint density at radius 3 is 3.00 bits per heavy atom. The zero-order valence-electron chi connectivity index (χ0n) is 15.5. The molecule has 140 valence electrons. The van der Waals surface area contributed by atoms with E-state index in [0.29, 0.717) is 6.54 Å². The monoisotopic (exact) mass is 354 g/mol. The van der Waals surface area contributed by atoms with E-state index in [4.69, 9.17) is 0 Å². The predicted molar refractivity (Wildman–Crippen MR) is 106 cm³/mol. The molecule has 1 fully saturated rings. The van der Waals surface area contributed by atoms with Crippen LogP contribution in [0.2, 0.25) is 0 Å². The van der Waals surface area contributed by atoms with Crippen molar-refractivity contribution in [3.63, 3.8) is 0 Å². The van der Waals surface area contributed by atoms with Gasteiger partial charge in [-0.05, 0) is 68.7 Å². The van der Waals surface area contributed by atoms with Crippen LogP contribution in [0.5, 0.6) is 0 Å². The van der Waals surface area contributed by atoms with Crippen LogP contribution in [0.25, 0.3) is 0 Å². The van der Waals surface area contributed by atoms with Crippen molar-refractivity contribution < 1.29 is 5.11 Å². The number of aromatic nitrogens is 1. The minimum Gasteiger partial charge on any atom is -0.396 e. The molecule has 3 rings (SSSR count). The molecule has 0 amide bonds. The first-order valence-electron chi connectivity index (χ1n) is 9.73. The van der Waals surface area contributed by atoms with Crippen molar-refractivity contribution in [2.24, 2.45) is 5.41 Å². The summed E-state index contributed by atoms with van der Waals surface area (Å²) in [6, 6.07) is 3.79. The Labute approximate surface area is 155 Å². The third kappa shape index (κ3) is 5.05. The van der Waals surface area contributed by atoms with Gasteiger partial charge in [-0.2, -0.15) is 0 Å². The second-order valence-electron chi connectivity index (χ2n) is 7.62. The molecule has 0 saturated carbocycles. The Morgan fingerprint density at radius 2 is 2.15 bits per heavy atom. The highest BCUT2D eigenvalue weighted by molar-refractivity contribution is 5.27. The Morgan fingerprint density at radius 1 is 1.23 bits per heavy atom. The summed E-state index contributed by atoms with van der Waals surface area (Å²) >= 11 is 0. The molecule has 1 atom stereocenters. The lowest BCUT2D eigenvalue weighted by Gasteiger charge is -2.31. The molecule has 0 radical (unpaired) electrons. The minimum absolute atomic E-state index is 0.00254. The second-order valence-corrected chi connectivity index (χ2v) is 7.62. The van der Waals surface area contributed by atoms with Gasteiger partial charge in [0.05, 0.1) is 0 Å². The number of allylic oxidation sites excluding steroid dienone is 6. The fourth-order valence-corrected chi connectivity index (χ4v) is 3.98. The summed E-state index contributed by atoms with van der Waals surface area (Å²) < 4.78 is 0. The van der Waals surface area contributed by atoms with Crippen LogP contribution in [0, 0.1) is 5.41 Å². The van der Waals surface area contributed by atoms with Gasteiger partial charge >= 0.3 is 0 Å². The first-order chi connectivity index (χ1) is 12.7. The first kappa shape index (κ1) is 18.9. The highest BCUT2D eigenvalue weighted by Crippen LogP contribution is 2.37. The standard InChI is InChI=1S/C22H30N2O2/c25-18-22(12-10-19-7-3-1-2-4-8-19)11-6-15-24(16-13-22)17-20-9-5-14-23-21(20)26/h1,3-5,7-9,14,25H,2,6,10-13,15-18H2,(H,23,26). The van der Waals surface area contributed by atoms with Crippen LogP contribution in [0.15, 0.2) is 59.1 Å². The molecule has 1 unspecified atom stereocenters. The molecular weight excluding hydrogens is 324 g/mol. The van der Waals surface area contributed by atoms with Crippen molar-refractivity contribution in [1.29, 1.82) is 0 Å². The molecule has 1 saturated heterocycles. The number of nitrogens with zero attached hydrogens (tertiary/aromatic N) is 1. The van der Waals surface area contributed by atoms with Gasteiger partial charge in [0.15, 0.2) is 0 Å². The third-order valence-electron chi connectivity index (χ3n) is 5.76. The Hall–Kier alpha value is -1.91. The number of pyridine rings is 1. The molecule has 1 aliphatic carbocycles. The molecule has 2 N–H and O–H groups in total. The minimum atomic E-state index is 0.00254. The predicted octanol–water partition coefficient (Wildman–Crippen LogP) is 3.56. The molecule has 2 aliphatic rings. The van der Waals surface area contributed by atoms with Gasteiger partial charge in [0.2, 0.25) is 0 Å². The smallest absolute Gasteiger partial charge is 0.252 e. The van der Waals surface area contributed by atoms with Crippen LogP contribution in [-0.2, 0) is 6.54 Å². The number of rotatable bonds is 6. The van der Waals surface area contributed by atoms with Gasteiger partial charge < -0.3 is 10.1 Å². The lowest BCUT2D eigenvalue weighted by Crippen LogP contribution is -2.30. The molecule has 0 bridgehead atoms. The lowest BCUT2D eigenvalue weighted by atomic mass is 9.76. The Kier molecular flexibility index (Phi) is 6.64. The molecule has 1 aliphatic heterocycles. The number of nitrogens with one attached hydrogen (secondary N) is 1. The van der Waals surface area contributed by atoms with Gasteiger partial charge in [-0.15, -0.1) is 0 Å². The number of H-pyrrole nitrogens is 1. The van der Waals surface area contributed by atoms with Crippen molar-refractivity contribution in [1.82, 2.24) is 9.88 Å². The number of aliphatic hydroxyl groups is 1. The van der Waals surface area contributed by atoms with E-state index >= 15 is 0 Å². The first-order valence-corrected chi connectivity index (χ1v) is 9.73. The van der Waals surface area contributed by atoms with E-state index in [1.165, 1.54) is 5.57 Å². The zero-order valence-corrected chi connectivity index (χ0v) is 15.5. The Balaban J connectivity index is 1.59. The van der Waals surface area contributed by atoms with E-state index in [0.717, 1.165) is 57.2 Å². The molecule has 4 heteroatoms. The topological polar surface area (TPSA) is 56.3 Å². The summed E-state index contributed by atoms with van der Waals surface area (Å²) in [4.78, 5) is 17.0. The zero-order chi connectivity index (χ0) is 18.2. The van der Waals surface area contributed by atoms with Crippen LogP contribution in [-0.4, -0.2) is 34.7 Å². The molecule has 26 heavy (non-hydrogen) atoms. The second kappa shape index (κ2) is 9.15. The fraction of sp³-hybridized carbons (Fsp3) is 0.500. The van der Waals surface area contributed by atoms with E-state index in [1.54, 1.807) is 6.20 Å². The molecule has 1 aromatic rings. The van der Waals surface area contributed by atoms with Gasteiger partial charge in [0.25, 0.3) is 5.56 Å². The maximum Gasteiger partial charge on any atom is 0.252 e. The van der Waals surface area contributed by atoms with E-state index < -0.39 is 0 Å². The van der Waals surface area contributed by atoms with Crippen molar-refractivity contribution in [2.75, 3.05) is 19.7 Å². The van der Waals surface area contributed by atoms with Gasteiger partial charge in [-0.3, -0.25) is 9.69 Å². The molecular formula is C22H30N2O2. The van der Waals surface area contributed by atoms with E-state index in [-0.39, 0.29) is 17.6 Å². The third-order valence-corrected chi connectivity index (χ3v) is 5.76. The number of aromatic amines is 1. The fourth-order valence-electron chi connectivity index (χ4n) is 3.98. The van der Waals surface area contributed by atoms with Crippen molar-refractivity contribution in [3.05, 3.63) is 70.2 Å². The van der Waals surface area contributed by atoms with Crippen molar-refractivity contribution in [2.45, 2.75) is 45.1 Å². The lowest BCUT2D eigenvalue weighted by molar-refractivity contribution is 0.0970. The van der Waals surface area contributed by atoms with Gasteiger partial charge in [0.1, 0.15) is 0 Å². The van der Waals surface area contributed by atoms with Gasteiger partial charge in [-0.1, -0.05) is 36.4 Å². The normalized spacial score (nSPS) is 24.1. The quantitative estimate of drug-likeness (QED) is 0.821. The van der Waals surface area contributed by atoms with E-state index in [1.807, 2.05) is 12.1 Å². The summed E-state index contributed by atoms with van der Waals surface area (Å²) in [6.45, 7) is 2.86. The number of likely N-dealkylation sites (tertiary alicyclic amines) is 1. The van der Waals surface area contributed by atoms with Crippen LogP contribution in [0.3, 0.4) is 0 Å². The van der Waals surface area contributed by atoms with E-state index in [2.05, 4.69) is 40.3 Å². The molecule has 2 heterocycles. The number of hydrogen-bond acceptors (Lipinski definition) is 3. The van der Waals surface area contributed by atoms with E-state index in [9.17, 15) is 9.90 Å². The van der Waals surface area contributed by atoms with Gasteiger partial charge in [0, 0.05) is 24.9 Å². The molecule has 1 aromatic heterocycles. The summed E-state index contributed by atoms with van der Waals surface area (Å²) in [6.07, 6.45) is 18.7. The number of hydrogen-bond donors (Lipinski definition) is 2. The average molecular weight is 354 g/mol. The highest BCUT2D eigenvalue weighted by atomic mass is 16.3. The molecule has 0 spiro atoms. The summed E-state index contributed by atoms with van der Waals surface area (Å²) in [5, 5.41) is 10.1. The molecule has 4 nitrogen and oxygen atoms in total. The highest BCUT2D eigenvalue weighted by Gasteiger charge is 2.32. The SMILES string of the molecule is O=c1[nH]cccc1CN1CCCC(CO)(CCC2=CC=CCC=C2)CC1. The van der Waals surface area contributed by atoms with Crippen LogP contribution in [0.1, 0.15) is 44.1 Å². The van der Waals surface area contributed by atoms with Crippen LogP contribution < -0.4 is 5.56 Å². The Bertz CT molecular complexity index is 732. The van der Waals surface area contributed by atoms with Gasteiger partial charge in [-0.25, -0.2) is 0 Å². The van der Waals surface area contributed by atoms with Crippen molar-refractivity contribution >= 4 is 0 Å². The van der Waals surface area contributed by atoms with Crippen molar-refractivity contribution in [3.8, 4) is 0 Å². The van der Waals surface area contributed by atoms with Crippen LogP contribution in [0.4, 0.5) is 0 Å². The summed E-state index contributed by atoms with van der Waals surface area (Å²) in [5.74, 6) is 0. The maximum atomic E-state index is 11.9. The largest absolute Gasteiger partial charge is 0.396 e. The van der Waals surface area contributed by atoms with Crippen LogP contribution >= 0.6 is 0 Å². The summed E-state index contributed by atoms with van der Waals surface area (Å²) in [5.41, 5.74) is 2.18. The average Bonchev–Trinajstić information content (AvgIpc) is 3.04. The molecule has 0 aromatic carbocycles.